The zero-order chi connectivity index (χ0) is 22.9. The van der Waals surface area contributed by atoms with Gasteiger partial charge in [0.25, 0.3) is 0 Å². The summed E-state index contributed by atoms with van der Waals surface area (Å²) < 4.78 is 16.8. The number of Topliss-reactive ketones (excluding diaryl/α,β-unsaturated/α-hetero) is 1. The summed E-state index contributed by atoms with van der Waals surface area (Å²) in [6.45, 7) is 3.61. The lowest BCUT2D eigenvalue weighted by atomic mass is 9.98. The van der Waals surface area contributed by atoms with E-state index in [1.165, 1.54) is 7.11 Å². The standard InChI is InChI=1S/C26H22N2O5/c1-16-10-21-20(14-28(15-32-21)13-18-4-3-9-27-12-18)25-23(16)24(29)22(33-25)11-17-5-7-19(8-6-17)26(30)31-2/h3-12H,13-15H2,1-2H3/b22-11-. The lowest BCUT2D eigenvalue weighted by molar-refractivity contribution is 0.0600. The number of methoxy groups -OCH3 is 1. The molecule has 2 aliphatic rings. The molecular formula is C26H22N2O5. The summed E-state index contributed by atoms with van der Waals surface area (Å²) >= 11 is 0. The van der Waals surface area contributed by atoms with Crippen molar-refractivity contribution in [1.82, 2.24) is 9.88 Å². The van der Waals surface area contributed by atoms with Crippen LogP contribution in [-0.2, 0) is 17.8 Å². The Morgan fingerprint density at radius 2 is 2.06 bits per heavy atom. The van der Waals surface area contributed by atoms with E-state index < -0.39 is 5.97 Å². The molecule has 0 atom stereocenters. The summed E-state index contributed by atoms with van der Waals surface area (Å²) in [7, 11) is 1.34. The molecule has 5 rings (SSSR count). The molecule has 3 aromatic rings. The van der Waals surface area contributed by atoms with Crippen LogP contribution in [0.5, 0.6) is 11.5 Å². The molecule has 0 amide bonds. The molecule has 0 unspecified atom stereocenters. The number of fused-ring (bicyclic) bond motifs is 3. The summed E-state index contributed by atoms with van der Waals surface area (Å²) in [4.78, 5) is 31.1. The minimum Gasteiger partial charge on any atom is -0.478 e. The molecule has 7 nitrogen and oxygen atoms in total. The number of benzene rings is 2. The van der Waals surface area contributed by atoms with Crippen LogP contribution < -0.4 is 9.47 Å². The Hall–Kier alpha value is -3.97. The molecule has 33 heavy (non-hydrogen) atoms. The minimum absolute atomic E-state index is 0.160. The first-order chi connectivity index (χ1) is 16.0. The summed E-state index contributed by atoms with van der Waals surface area (Å²) in [5.41, 5.74) is 4.53. The number of carbonyl (C=O) groups is 2. The van der Waals surface area contributed by atoms with Crippen LogP contribution in [0.25, 0.3) is 6.08 Å². The van der Waals surface area contributed by atoms with E-state index in [0.29, 0.717) is 36.7 Å². The van der Waals surface area contributed by atoms with Gasteiger partial charge >= 0.3 is 5.97 Å². The smallest absolute Gasteiger partial charge is 0.337 e. The molecule has 0 fully saturated rings. The second kappa shape index (κ2) is 8.52. The molecule has 0 spiro atoms. The van der Waals surface area contributed by atoms with Crippen LogP contribution in [-0.4, -0.2) is 35.5 Å². The summed E-state index contributed by atoms with van der Waals surface area (Å²) in [6.07, 6.45) is 5.27. The Bertz CT molecular complexity index is 1270. The Morgan fingerprint density at radius 1 is 1.24 bits per heavy atom. The van der Waals surface area contributed by atoms with Gasteiger partial charge < -0.3 is 14.2 Å². The van der Waals surface area contributed by atoms with Crippen molar-refractivity contribution in [3.05, 3.63) is 94.0 Å². The molecule has 0 aliphatic carbocycles. The maximum atomic E-state index is 13.2. The lowest BCUT2D eigenvalue weighted by Gasteiger charge is -2.30. The number of pyridine rings is 1. The number of esters is 1. The molecule has 0 saturated heterocycles. The van der Waals surface area contributed by atoms with Crippen molar-refractivity contribution < 1.29 is 23.8 Å². The van der Waals surface area contributed by atoms with Crippen molar-refractivity contribution in [2.45, 2.75) is 20.0 Å². The number of ether oxygens (including phenoxy) is 3. The van der Waals surface area contributed by atoms with Crippen molar-refractivity contribution in [2.75, 3.05) is 13.8 Å². The fourth-order valence-electron chi connectivity index (χ4n) is 4.11. The molecule has 2 aromatic carbocycles. The number of carbonyl (C=O) groups excluding carboxylic acids is 2. The van der Waals surface area contributed by atoms with Gasteiger partial charge in [0.15, 0.2) is 5.76 Å². The second-order valence-corrected chi connectivity index (χ2v) is 8.05. The SMILES string of the molecule is COC(=O)c1ccc(/C=C2\Oc3c4c(cc(C)c3C2=O)OCN(Cc2cccnc2)C4)cc1. The third kappa shape index (κ3) is 3.99. The van der Waals surface area contributed by atoms with Crippen molar-refractivity contribution >= 4 is 17.8 Å². The largest absolute Gasteiger partial charge is 0.478 e. The number of nitrogens with zero attached hydrogens (tertiary/aromatic N) is 2. The Balaban J connectivity index is 1.43. The first-order valence-corrected chi connectivity index (χ1v) is 10.6. The second-order valence-electron chi connectivity index (χ2n) is 8.05. The first-order valence-electron chi connectivity index (χ1n) is 10.6. The zero-order valence-corrected chi connectivity index (χ0v) is 18.3. The molecule has 0 bridgehead atoms. The molecule has 1 aromatic heterocycles. The number of ketones is 1. The van der Waals surface area contributed by atoms with Crippen LogP contribution in [0.3, 0.4) is 0 Å². The lowest BCUT2D eigenvalue weighted by Crippen LogP contribution is -2.31. The van der Waals surface area contributed by atoms with Crippen molar-refractivity contribution in [3.63, 3.8) is 0 Å². The Kier molecular flexibility index (Phi) is 5.40. The molecule has 7 heteroatoms. The third-order valence-corrected chi connectivity index (χ3v) is 5.75. The van der Waals surface area contributed by atoms with Gasteiger partial charge in [0.2, 0.25) is 5.78 Å². The van der Waals surface area contributed by atoms with E-state index in [1.807, 2.05) is 31.3 Å². The van der Waals surface area contributed by atoms with E-state index in [2.05, 4.69) is 9.88 Å². The van der Waals surface area contributed by atoms with Crippen LogP contribution in [0.4, 0.5) is 0 Å². The van der Waals surface area contributed by atoms with Gasteiger partial charge in [-0.25, -0.2) is 4.79 Å². The van der Waals surface area contributed by atoms with Crippen LogP contribution in [0.2, 0.25) is 0 Å². The number of rotatable bonds is 4. The van der Waals surface area contributed by atoms with Gasteiger partial charge in [-0.3, -0.25) is 14.7 Å². The fraction of sp³-hybridized carbons (Fsp3) is 0.192. The van der Waals surface area contributed by atoms with E-state index in [4.69, 9.17) is 14.2 Å². The van der Waals surface area contributed by atoms with Gasteiger partial charge in [-0.05, 0) is 54.0 Å². The normalized spacial score (nSPS) is 16.1. The van der Waals surface area contributed by atoms with Crippen molar-refractivity contribution in [2.24, 2.45) is 0 Å². The van der Waals surface area contributed by atoms with Crippen molar-refractivity contribution in [3.8, 4) is 11.5 Å². The van der Waals surface area contributed by atoms with Gasteiger partial charge in [0, 0.05) is 25.5 Å². The highest BCUT2D eigenvalue weighted by molar-refractivity contribution is 6.16. The van der Waals surface area contributed by atoms with E-state index in [-0.39, 0.29) is 11.5 Å². The van der Waals surface area contributed by atoms with Gasteiger partial charge in [0.1, 0.15) is 18.2 Å². The van der Waals surface area contributed by atoms with E-state index in [1.54, 1.807) is 36.5 Å². The van der Waals surface area contributed by atoms with Gasteiger partial charge in [0.05, 0.1) is 23.8 Å². The highest BCUT2D eigenvalue weighted by atomic mass is 16.5. The maximum Gasteiger partial charge on any atom is 0.337 e. The van der Waals surface area contributed by atoms with Crippen LogP contribution >= 0.6 is 0 Å². The Morgan fingerprint density at radius 3 is 2.79 bits per heavy atom. The third-order valence-electron chi connectivity index (χ3n) is 5.75. The Labute approximate surface area is 191 Å². The van der Waals surface area contributed by atoms with E-state index in [9.17, 15) is 9.59 Å². The number of allylic oxidation sites excluding steroid dienone is 1. The predicted molar refractivity (Wildman–Crippen MR) is 121 cm³/mol. The topological polar surface area (TPSA) is 78.0 Å². The average Bonchev–Trinajstić information content (AvgIpc) is 3.17. The predicted octanol–water partition coefficient (Wildman–Crippen LogP) is 4.14. The van der Waals surface area contributed by atoms with Gasteiger partial charge in [-0.2, -0.15) is 0 Å². The van der Waals surface area contributed by atoms with E-state index >= 15 is 0 Å². The van der Waals surface area contributed by atoms with Crippen molar-refractivity contribution in [1.29, 1.82) is 0 Å². The highest BCUT2D eigenvalue weighted by Crippen LogP contribution is 2.44. The number of aromatic nitrogens is 1. The minimum atomic E-state index is -0.409. The molecule has 0 N–H and O–H groups in total. The molecular weight excluding hydrogens is 420 g/mol. The molecule has 3 heterocycles. The number of aryl methyl sites for hydroxylation is 1. The van der Waals surface area contributed by atoms with Gasteiger partial charge in [-0.15, -0.1) is 0 Å². The summed E-state index contributed by atoms with van der Waals surface area (Å²) in [6, 6.07) is 12.6. The highest BCUT2D eigenvalue weighted by Gasteiger charge is 2.35. The van der Waals surface area contributed by atoms with Crippen LogP contribution in [0, 0.1) is 6.92 Å². The average molecular weight is 442 g/mol. The summed E-state index contributed by atoms with van der Waals surface area (Å²) in [5.74, 6) is 0.977. The first kappa shape index (κ1) is 20.9. The summed E-state index contributed by atoms with van der Waals surface area (Å²) in [5, 5.41) is 0. The molecule has 0 saturated carbocycles. The van der Waals surface area contributed by atoms with Crippen LogP contribution in [0.1, 0.15) is 43.0 Å². The zero-order valence-electron chi connectivity index (χ0n) is 18.3. The molecule has 0 radical (unpaired) electrons. The van der Waals surface area contributed by atoms with E-state index in [0.717, 1.165) is 28.0 Å². The quantitative estimate of drug-likeness (QED) is 0.444. The van der Waals surface area contributed by atoms with Crippen LogP contribution in [0.15, 0.2) is 60.6 Å². The number of hydrogen-bond donors (Lipinski definition) is 0. The number of hydrogen-bond acceptors (Lipinski definition) is 7. The van der Waals surface area contributed by atoms with Gasteiger partial charge in [-0.1, -0.05) is 18.2 Å². The molecule has 2 aliphatic heterocycles. The fourth-order valence-corrected chi connectivity index (χ4v) is 4.11. The monoisotopic (exact) mass is 442 g/mol. The maximum absolute atomic E-state index is 13.2. The molecule has 166 valence electrons.